The molecule has 0 amide bonds. The summed E-state index contributed by atoms with van der Waals surface area (Å²) in [5.74, 6) is 2.80. The minimum absolute atomic E-state index is 0.446. The molecule has 0 aromatic rings. The minimum Gasteiger partial charge on any atom is -0.0823 e. The van der Waals surface area contributed by atoms with Crippen LogP contribution in [0.2, 0.25) is 0 Å². The van der Waals surface area contributed by atoms with Crippen molar-refractivity contribution in [3.05, 3.63) is 11.6 Å². The zero-order valence-corrected chi connectivity index (χ0v) is 16.2. The third-order valence-electron chi connectivity index (χ3n) is 5.26. The predicted molar refractivity (Wildman–Crippen MR) is 97.8 cm³/mol. The molecule has 0 heterocycles. The predicted octanol–water partition coefficient (Wildman–Crippen LogP) is 6.02. The molecule has 0 N–H and O–H groups in total. The van der Waals surface area contributed by atoms with Gasteiger partial charge in [-0.15, -0.1) is 0 Å². The molecule has 0 aromatic heterocycles. The van der Waals surface area contributed by atoms with Gasteiger partial charge in [-0.25, -0.2) is 0 Å². The van der Waals surface area contributed by atoms with E-state index in [1.54, 1.807) is 5.57 Å². The van der Waals surface area contributed by atoms with Gasteiger partial charge in [0.15, 0.2) is 0 Å². The second-order valence-corrected chi connectivity index (χ2v) is 9.05. The van der Waals surface area contributed by atoms with Crippen molar-refractivity contribution in [2.75, 3.05) is 4.43 Å². The van der Waals surface area contributed by atoms with Gasteiger partial charge in [0.25, 0.3) is 0 Å². The Hall–Kier alpha value is 1.20. The van der Waals surface area contributed by atoms with E-state index in [1.807, 2.05) is 0 Å². The number of halogens is 2. The maximum Gasteiger partial charge on any atom is 0.0178 e. The van der Waals surface area contributed by atoms with Gasteiger partial charge in [0, 0.05) is 8.35 Å². The fraction of sp³-hybridized carbons (Fsp3) is 0.875. The van der Waals surface area contributed by atoms with Crippen LogP contribution in [0, 0.1) is 23.2 Å². The van der Waals surface area contributed by atoms with Gasteiger partial charge >= 0.3 is 0 Å². The van der Waals surface area contributed by atoms with Crippen LogP contribution < -0.4 is 0 Å². The molecule has 104 valence electrons. The summed E-state index contributed by atoms with van der Waals surface area (Å²) in [4.78, 5) is 0. The molecular weight excluding hydrogens is 446 g/mol. The minimum atomic E-state index is 0.446. The van der Waals surface area contributed by atoms with Crippen molar-refractivity contribution < 1.29 is 0 Å². The number of hydrogen-bond acceptors (Lipinski definition) is 0. The molecule has 2 heteroatoms. The first-order chi connectivity index (χ1) is 8.54. The number of allylic oxidation sites excluding steroid dienone is 2. The third kappa shape index (κ3) is 2.66. The molecule has 18 heavy (non-hydrogen) atoms. The lowest BCUT2D eigenvalue weighted by atomic mass is 9.70. The maximum absolute atomic E-state index is 2.75. The summed E-state index contributed by atoms with van der Waals surface area (Å²) in [7, 11) is 0. The van der Waals surface area contributed by atoms with Crippen LogP contribution in [-0.2, 0) is 0 Å². The zero-order valence-electron chi connectivity index (χ0n) is 11.9. The van der Waals surface area contributed by atoms with E-state index in [0.717, 1.165) is 21.7 Å². The Morgan fingerprint density at radius 3 is 2.67 bits per heavy atom. The summed E-state index contributed by atoms with van der Waals surface area (Å²) in [6.07, 6.45) is 9.70. The van der Waals surface area contributed by atoms with Crippen molar-refractivity contribution in [3.8, 4) is 0 Å². The Bertz CT molecular complexity index is 319. The Labute approximate surface area is 140 Å². The van der Waals surface area contributed by atoms with Gasteiger partial charge in [-0.1, -0.05) is 90.4 Å². The lowest BCUT2D eigenvalue weighted by Crippen LogP contribution is -2.34. The monoisotopic (exact) mass is 472 g/mol. The standard InChI is InChI=1S/C16H26I2/c1-4-6-11-12-7-5-8-14(18)15(12)16(2,3)13(11)9-10-17/h9,11-12,14-15H,4-8,10H2,1-3H3/b13-9+/t11?,12?,14-,15?/m0/s1. The van der Waals surface area contributed by atoms with Gasteiger partial charge in [-0.2, -0.15) is 0 Å². The highest BCUT2D eigenvalue weighted by Gasteiger charge is 2.53. The highest BCUT2D eigenvalue weighted by atomic mass is 127. The van der Waals surface area contributed by atoms with E-state index in [1.165, 1.54) is 36.5 Å². The molecular formula is C16H26I2. The molecule has 3 unspecified atom stereocenters. The van der Waals surface area contributed by atoms with Crippen molar-refractivity contribution >= 4 is 45.2 Å². The normalized spacial score (nSPS) is 41.1. The van der Waals surface area contributed by atoms with Crippen molar-refractivity contribution in [2.45, 2.75) is 56.8 Å². The zero-order chi connectivity index (χ0) is 13.3. The van der Waals surface area contributed by atoms with Gasteiger partial charge in [-0.05, 0) is 42.4 Å². The molecule has 0 aliphatic heterocycles. The van der Waals surface area contributed by atoms with Crippen LogP contribution >= 0.6 is 45.2 Å². The topological polar surface area (TPSA) is 0 Å². The smallest absolute Gasteiger partial charge is 0.0178 e. The van der Waals surface area contributed by atoms with Crippen molar-refractivity contribution in [2.24, 2.45) is 23.2 Å². The van der Waals surface area contributed by atoms with Crippen LogP contribution in [0.25, 0.3) is 0 Å². The van der Waals surface area contributed by atoms with Gasteiger partial charge < -0.3 is 0 Å². The largest absolute Gasteiger partial charge is 0.0823 e. The van der Waals surface area contributed by atoms with Crippen LogP contribution in [0.5, 0.6) is 0 Å². The van der Waals surface area contributed by atoms with Crippen LogP contribution in [0.4, 0.5) is 0 Å². The maximum atomic E-state index is 2.75. The molecule has 2 rings (SSSR count). The molecule has 2 aliphatic rings. The van der Waals surface area contributed by atoms with Gasteiger partial charge in [0.1, 0.15) is 0 Å². The molecule has 2 fully saturated rings. The Morgan fingerprint density at radius 1 is 1.33 bits per heavy atom. The Balaban J connectivity index is 2.37. The van der Waals surface area contributed by atoms with E-state index in [2.05, 4.69) is 72.0 Å². The van der Waals surface area contributed by atoms with E-state index in [4.69, 9.17) is 0 Å². The average Bonchev–Trinajstić information content (AvgIpc) is 2.52. The number of fused-ring (bicyclic) bond motifs is 1. The molecule has 0 saturated heterocycles. The van der Waals surface area contributed by atoms with Gasteiger partial charge in [-0.3, -0.25) is 0 Å². The van der Waals surface area contributed by atoms with Crippen molar-refractivity contribution in [1.82, 2.24) is 0 Å². The SMILES string of the molecule is CCCC1/C(=C\CI)C(C)(C)C2C1CCC[C@@H]2I. The third-order valence-corrected chi connectivity index (χ3v) is 7.10. The van der Waals surface area contributed by atoms with Crippen LogP contribution in [0.3, 0.4) is 0 Å². The quantitative estimate of drug-likeness (QED) is 0.268. The van der Waals surface area contributed by atoms with Crippen LogP contribution in [-0.4, -0.2) is 8.35 Å². The summed E-state index contributed by atoms with van der Waals surface area (Å²) in [5.41, 5.74) is 2.25. The van der Waals surface area contributed by atoms with Crippen molar-refractivity contribution in [1.29, 1.82) is 0 Å². The van der Waals surface area contributed by atoms with Gasteiger partial charge in [0.2, 0.25) is 0 Å². The molecule has 0 radical (unpaired) electrons. The van der Waals surface area contributed by atoms with E-state index in [0.29, 0.717) is 5.41 Å². The number of rotatable bonds is 3. The van der Waals surface area contributed by atoms with Crippen LogP contribution in [0.1, 0.15) is 52.9 Å². The summed E-state index contributed by atoms with van der Waals surface area (Å²) >= 11 is 5.26. The molecule has 2 saturated carbocycles. The van der Waals surface area contributed by atoms with Gasteiger partial charge in [0.05, 0.1) is 0 Å². The number of alkyl halides is 2. The lowest BCUT2D eigenvalue weighted by molar-refractivity contribution is 0.173. The Kier molecular flexibility index (Phi) is 5.47. The molecule has 0 nitrogen and oxygen atoms in total. The molecule has 0 aromatic carbocycles. The summed E-state index contributed by atoms with van der Waals surface area (Å²) < 4.78 is 2.08. The molecule has 0 spiro atoms. The highest BCUT2D eigenvalue weighted by molar-refractivity contribution is 14.1. The number of hydrogen-bond donors (Lipinski definition) is 0. The second kappa shape index (κ2) is 6.31. The summed E-state index contributed by atoms with van der Waals surface area (Å²) in [6.45, 7) is 7.40. The molecule has 4 atom stereocenters. The van der Waals surface area contributed by atoms with E-state index < -0.39 is 0 Å². The summed E-state index contributed by atoms with van der Waals surface area (Å²) in [5, 5.41) is 0. The molecule has 2 aliphatic carbocycles. The summed E-state index contributed by atoms with van der Waals surface area (Å²) in [6, 6.07) is 0. The average molecular weight is 472 g/mol. The second-order valence-electron chi connectivity index (χ2n) is 6.57. The van der Waals surface area contributed by atoms with E-state index >= 15 is 0 Å². The van der Waals surface area contributed by atoms with Crippen LogP contribution in [0.15, 0.2) is 11.6 Å². The first kappa shape index (κ1) is 15.6. The van der Waals surface area contributed by atoms with E-state index in [9.17, 15) is 0 Å². The lowest BCUT2D eigenvalue weighted by Gasteiger charge is -2.38. The fourth-order valence-electron chi connectivity index (χ4n) is 4.69. The first-order valence-corrected chi connectivity index (χ1v) is 10.2. The van der Waals surface area contributed by atoms with E-state index in [-0.39, 0.29) is 0 Å². The fourth-order valence-corrected chi connectivity index (χ4v) is 7.04. The molecule has 0 bridgehead atoms. The van der Waals surface area contributed by atoms with Crippen molar-refractivity contribution in [3.63, 3.8) is 0 Å². The highest BCUT2D eigenvalue weighted by Crippen LogP contribution is 2.61. The first-order valence-electron chi connectivity index (χ1n) is 7.44. The Morgan fingerprint density at radius 2 is 2.06 bits per heavy atom.